The minimum atomic E-state index is -0.00425. The molecule has 0 N–H and O–H groups in total. The van der Waals surface area contributed by atoms with Gasteiger partial charge in [-0.1, -0.05) is 36.4 Å². The van der Waals surface area contributed by atoms with E-state index in [9.17, 15) is 9.59 Å². The predicted molar refractivity (Wildman–Crippen MR) is 100.0 cm³/mol. The molecule has 0 unspecified atom stereocenters. The molecule has 4 rings (SSSR count). The average Bonchev–Trinajstić information content (AvgIpc) is 2.73. The number of rotatable bonds is 2. The first-order chi connectivity index (χ1) is 12.7. The summed E-state index contributed by atoms with van der Waals surface area (Å²) >= 11 is 0. The molecule has 130 valence electrons. The Hall–Kier alpha value is -3.21. The summed E-state index contributed by atoms with van der Waals surface area (Å²) in [4.78, 5) is 33.4. The van der Waals surface area contributed by atoms with Crippen molar-refractivity contribution in [1.82, 2.24) is 14.8 Å². The Kier molecular flexibility index (Phi) is 4.35. The molecular formula is C21H19N3O2. The van der Waals surface area contributed by atoms with Gasteiger partial charge in [0.15, 0.2) is 0 Å². The van der Waals surface area contributed by atoms with Crippen LogP contribution in [0.4, 0.5) is 0 Å². The fourth-order valence-electron chi connectivity index (χ4n) is 3.33. The summed E-state index contributed by atoms with van der Waals surface area (Å²) in [5.41, 5.74) is 2.17. The predicted octanol–water partition coefficient (Wildman–Crippen LogP) is 2.83. The van der Waals surface area contributed by atoms with Crippen LogP contribution in [-0.2, 0) is 0 Å². The van der Waals surface area contributed by atoms with Gasteiger partial charge in [0.25, 0.3) is 11.8 Å². The molecule has 0 spiro atoms. The Bertz CT molecular complexity index is 942. The lowest BCUT2D eigenvalue weighted by Crippen LogP contribution is -2.50. The second kappa shape index (κ2) is 6.96. The van der Waals surface area contributed by atoms with Gasteiger partial charge in [0, 0.05) is 43.3 Å². The van der Waals surface area contributed by atoms with E-state index in [-0.39, 0.29) is 11.8 Å². The molecule has 1 aromatic heterocycles. The number of para-hydroxylation sites is 1. The maximum atomic E-state index is 13.0. The number of piperazine rings is 1. The van der Waals surface area contributed by atoms with E-state index >= 15 is 0 Å². The van der Waals surface area contributed by atoms with Gasteiger partial charge in [-0.2, -0.15) is 0 Å². The maximum Gasteiger partial charge on any atom is 0.254 e. The smallest absolute Gasteiger partial charge is 0.254 e. The normalized spacial score (nSPS) is 14.5. The molecule has 1 aliphatic rings. The molecule has 5 nitrogen and oxygen atoms in total. The molecule has 5 heteroatoms. The first-order valence-corrected chi connectivity index (χ1v) is 8.71. The number of nitrogens with zero attached hydrogens (tertiary/aromatic N) is 3. The third-order valence-corrected chi connectivity index (χ3v) is 4.75. The molecule has 1 aliphatic heterocycles. The Morgan fingerprint density at radius 2 is 1.35 bits per heavy atom. The van der Waals surface area contributed by atoms with E-state index < -0.39 is 0 Å². The molecule has 0 saturated carbocycles. The van der Waals surface area contributed by atoms with Crippen LogP contribution in [0.5, 0.6) is 0 Å². The van der Waals surface area contributed by atoms with Gasteiger partial charge in [-0.25, -0.2) is 0 Å². The lowest BCUT2D eigenvalue weighted by Gasteiger charge is -2.35. The molecule has 0 bridgehead atoms. The number of carbonyl (C=O) groups excluding carboxylic acids is 2. The number of amides is 2. The second-order valence-corrected chi connectivity index (χ2v) is 6.33. The summed E-state index contributed by atoms with van der Waals surface area (Å²) in [6.07, 6.45) is 1.67. The van der Waals surface area contributed by atoms with Crippen molar-refractivity contribution in [3.8, 4) is 0 Å². The van der Waals surface area contributed by atoms with Crippen LogP contribution in [0.3, 0.4) is 0 Å². The molecule has 2 aromatic carbocycles. The summed E-state index contributed by atoms with van der Waals surface area (Å²) in [5, 5.41) is 0.864. The van der Waals surface area contributed by atoms with Crippen molar-refractivity contribution in [2.75, 3.05) is 26.2 Å². The van der Waals surface area contributed by atoms with Gasteiger partial charge in [-0.15, -0.1) is 0 Å². The first-order valence-electron chi connectivity index (χ1n) is 8.71. The maximum absolute atomic E-state index is 13.0. The zero-order valence-electron chi connectivity index (χ0n) is 14.3. The summed E-state index contributed by atoms with van der Waals surface area (Å²) in [7, 11) is 0. The number of fused-ring (bicyclic) bond motifs is 1. The minimum absolute atomic E-state index is 0.00425. The molecular weight excluding hydrogens is 326 g/mol. The second-order valence-electron chi connectivity index (χ2n) is 6.33. The molecule has 2 heterocycles. The van der Waals surface area contributed by atoms with Crippen LogP contribution in [-0.4, -0.2) is 52.8 Å². The SMILES string of the molecule is O=C(c1ccccc1)N1CCN(C(=O)c2ccnc3ccccc23)CC1. The van der Waals surface area contributed by atoms with Gasteiger partial charge in [-0.3, -0.25) is 14.6 Å². The highest BCUT2D eigenvalue weighted by Gasteiger charge is 2.26. The number of aromatic nitrogens is 1. The monoisotopic (exact) mass is 345 g/mol. The summed E-state index contributed by atoms with van der Waals surface area (Å²) in [6, 6.07) is 18.7. The van der Waals surface area contributed by atoms with E-state index in [4.69, 9.17) is 0 Å². The Labute approximate surface area is 151 Å². The van der Waals surface area contributed by atoms with Crippen molar-refractivity contribution in [2.45, 2.75) is 0 Å². The summed E-state index contributed by atoms with van der Waals surface area (Å²) in [5.74, 6) is 0.0162. The number of carbonyl (C=O) groups is 2. The number of hydrogen-bond acceptors (Lipinski definition) is 3. The van der Waals surface area contributed by atoms with Gasteiger partial charge < -0.3 is 9.80 Å². The number of pyridine rings is 1. The highest BCUT2D eigenvalue weighted by atomic mass is 16.2. The lowest BCUT2D eigenvalue weighted by molar-refractivity contribution is 0.0536. The molecule has 2 amide bonds. The van der Waals surface area contributed by atoms with Crippen LogP contribution in [0.1, 0.15) is 20.7 Å². The van der Waals surface area contributed by atoms with Gasteiger partial charge in [-0.05, 0) is 24.3 Å². The number of hydrogen-bond donors (Lipinski definition) is 0. The van der Waals surface area contributed by atoms with E-state index in [0.29, 0.717) is 37.3 Å². The standard InChI is InChI=1S/C21H19N3O2/c25-20(16-6-2-1-3-7-16)23-12-14-24(15-13-23)21(26)18-10-11-22-19-9-5-4-8-17(18)19/h1-11H,12-15H2. The zero-order valence-corrected chi connectivity index (χ0v) is 14.3. The van der Waals surface area contributed by atoms with Crippen molar-refractivity contribution in [3.63, 3.8) is 0 Å². The zero-order chi connectivity index (χ0) is 17.9. The van der Waals surface area contributed by atoms with Gasteiger partial charge >= 0.3 is 0 Å². The molecule has 1 saturated heterocycles. The van der Waals surface area contributed by atoms with E-state index in [0.717, 1.165) is 10.9 Å². The lowest BCUT2D eigenvalue weighted by atomic mass is 10.1. The van der Waals surface area contributed by atoms with Crippen LogP contribution in [0, 0.1) is 0 Å². The van der Waals surface area contributed by atoms with Crippen molar-refractivity contribution in [2.24, 2.45) is 0 Å². The van der Waals surface area contributed by atoms with Crippen LogP contribution >= 0.6 is 0 Å². The highest BCUT2D eigenvalue weighted by molar-refractivity contribution is 6.06. The Morgan fingerprint density at radius 1 is 0.731 bits per heavy atom. The minimum Gasteiger partial charge on any atom is -0.335 e. The van der Waals surface area contributed by atoms with Crippen LogP contribution in [0.15, 0.2) is 66.9 Å². The average molecular weight is 345 g/mol. The first kappa shape index (κ1) is 16.3. The number of benzene rings is 2. The molecule has 26 heavy (non-hydrogen) atoms. The topological polar surface area (TPSA) is 53.5 Å². The van der Waals surface area contributed by atoms with E-state index in [1.807, 2.05) is 64.4 Å². The van der Waals surface area contributed by atoms with Crippen LogP contribution < -0.4 is 0 Å². The van der Waals surface area contributed by atoms with Crippen LogP contribution in [0.25, 0.3) is 10.9 Å². The van der Waals surface area contributed by atoms with Crippen molar-refractivity contribution < 1.29 is 9.59 Å². The fourth-order valence-corrected chi connectivity index (χ4v) is 3.33. The van der Waals surface area contributed by atoms with Gasteiger partial charge in [0.2, 0.25) is 0 Å². The molecule has 1 fully saturated rings. The van der Waals surface area contributed by atoms with Gasteiger partial charge in [0.1, 0.15) is 0 Å². The molecule has 0 aliphatic carbocycles. The Morgan fingerprint density at radius 3 is 2.08 bits per heavy atom. The quantitative estimate of drug-likeness (QED) is 0.718. The largest absolute Gasteiger partial charge is 0.335 e. The van der Waals surface area contributed by atoms with E-state index in [1.54, 1.807) is 12.3 Å². The van der Waals surface area contributed by atoms with Crippen LogP contribution in [0.2, 0.25) is 0 Å². The Balaban J connectivity index is 1.48. The highest BCUT2D eigenvalue weighted by Crippen LogP contribution is 2.19. The third kappa shape index (κ3) is 3.04. The van der Waals surface area contributed by atoms with Gasteiger partial charge in [0.05, 0.1) is 11.1 Å². The van der Waals surface area contributed by atoms with Crippen molar-refractivity contribution in [3.05, 3.63) is 78.0 Å². The van der Waals surface area contributed by atoms with Crippen molar-refractivity contribution in [1.29, 1.82) is 0 Å². The van der Waals surface area contributed by atoms with E-state index in [2.05, 4.69) is 4.98 Å². The summed E-state index contributed by atoms with van der Waals surface area (Å²) < 4.78 is 0. The third-order valence-electron chi connectivity index (χ3n) is 4.75. The van der Waals surface area contributed by atoms with E-state index in [1.165, 1.54) is 0 Å². The molecule has 3 aromatic rings. The molecule has 0 atom stereocenters. The molecule has 0 radical (unpaired) electrons. The van der Waals surface area contributed by atoms with Crippen molar-refractivity contribution >= 4 is 22.7 Å². The summed E-state index contributed by atoms with van der Waals surface area (Å²) in [6.45, 7) is 2.16. The fraction of sp³-hybridized carbons (Fsp3) is 0.190.